The number of ether oxygens (including phenoxy) is 1. The number of nitrogens with zero attached hydrogens (tertiary/aromatic N) is 2. The first-order valence-corrected chi connectivity index (χ1v) is 6.32. The van der Waals surface area contributed by atoms with E-state index in [1.807, 2.05) is 30.2 Å². The summed E-state index contributed by atoms with van der Waals surface area (Å²) < 4.78 is 5.27. The van der Waals surface area contributed by atoms with Gasteiger partial charge in [-0.3, -0.25) is 0 Å². The summed E-state index contributed by atoms with van der Waals surface area (Å²) in [5, 5.41) is 11.3. The lowest BCUT2D eigenvalue weighted by Crippen LogP contribution is -2.46. The molecule has 2 aliphatic heterocycles. The highest BCUT2D eigenvalue weighted by molar-refractivity contribution is 5.44. The number of hydroxylamine groups is 2. The summed E-state index contributed by atoms with van der Waals surface area (Å²) in [4.78, 5) is 5.67. The van der Waals surface area contributed by atoms with E-state index in [-0.39, 0.29) is 5.92 Å². The van der Waals surface area contributed by atoms with E-state index in [1.54, 1.807) is 7.11 Å². The maximum absolute atomic E-state index is 9.42. The van der Waals surface area contributed by atoms with E-state index in [0.717, 1.165) is 24.3 Å². The Morgan fingerprint density at radius 3 is 3.05 bits per heavy atom. The molecule has 3 rings (SSSR count). The molecular formula is C15H16N2O2. The Labute approximate surface area is 112 Å². The van der Waals surface area contributed by atoms with Crippen LogP contribution in [0.1, 0.15) is 18.1 Å². The van der Waals surface area contributed by atoms with E-state index in [1.165, 1.54) is 5.56 Å². The number of fused-ring (bicyclic) bond motifs is 3. The van der Waals surface area contributed by atoms with Gasteiger partial charge in [-0.1, -0.05) is 12.6 Å². The highest BCUT2D eigenvalue weighted by atomic mass is 16.7. The van der Waals surface area contributed by atoms with Crippen LogP contribution in [0.3, 0.4) is 0 Å². The molecule has 1 fully saturated rings. The number of rotatable bonds is 1. The zero-order valence-electron chi connectivity index (χ0n) is 11.1. The minimum Gasteiger partial charge on any atom is -0.497 e. The van der Waals surface area contributed by atoms with Gasteiger partial charge in [0.25, 0.3) is 0 Å². The molecule has 4 heteroatoms. The van der Waals surface area contributed by atoms with Crippen LogP contribution >= 0.6 is 0 Å². The minimum absolute atomic E-state index is 0.347. The fraction of sp³-hybridized carbons (Fsp3) is 0.400. The predicted molar refractivity (Wildman–Crippen MR) is 70.1 cm³/mol. The average molecular weight is 256 g/mol. The number of methoxy groups -OCH3 is 1. The highest BCUT2D eigenvalue weighted by Crippen LogP contribution is 2.49. The van der Waals surface area contributed by atoms with Crippen molar-refractivity contribution in [1.82, 2.24) is 5.06 Å². The van der Waals surface area contributed by atoms with E-state index in [0.29, 0.717) is 5.76 Å². The molecule has 2 heterocycles. The predicted octanol–water partition coefficient (Wildman–Crippen LogP) is 2.37. The first-order chi connectivity index (χ1) is 9.11. The van der Waals surface area contributed by atoms with E-state index in [4.69, 9.17) is 9.57 Å². The molecule has 4 nitrogen and oxygen atoms in total. The number of benzene rings is 1. The second kappa shape index (κ2) is 4.01. The smallest absolute Gasteiger partial charge is 0.137 e. The fourth-order valence-electron chi connectivity index (χ4n) is 3.13. The lowest BCUT2D eigenvalue weighted by molar-refractivity contribution is -0.147. The maximum Gasteiger partial charge on any atom is 0.137 e. The van der Waals surface area contributed by atoms with Gasteiger partial charge in [0.15, 0.2) is 0 Å². The molecule has 0 spiro atoms. The van der Waals surface area contributed by atoms with E-state index >= 15 is 0 Å². The van der Waals surface area contributed by atoms with Crippen molar-refractivity contribution in [1.29, 1.82) is 5.26 Å². The molecule has 1 saturated heterocycles. The Bertz CT molecular complexity index is 590. The molecule has 98 valence electrons. The van der Waals surface area contributed by atoms with Crippen LogP contribution in [0, 0.1) is 17.2 Å². The number of nitriles is 1. The summed E-state index contributed by atoms with van der Waals surface area (Å²) in [6.45, 7) is 6.67. The third kappa shape index (κ3) is 1.48. The quantitative estimate of drug-likeness (QED) is 0.774. The number of hydrogen-bond donors (Lipinski definition) is 0. The van der Waals surface area contributed by atoms with Crippen LogP contribution in [0.5, 0.6) is 5.75 Å². The van der Waals surface area contributed by atoms with Gasteiger partial charge in [-0.05, 0) is 36.6 Å². The molecule has 0 N–H and O–H groups in total. The second-order valence-corrected chi connectivity index (χ2v) is 5.14. The molecule has 0 aromatic heterocycles. The SMILES string of the molecule is C=C1ON2CCc3cc(OC)ccc3[C@]2(C)[C@H]1C#N. The van der Waals surface area contributed by atoms with Gasteiger partial charge in [0.05, 0.1) is 13.2 Å². The monoisotopic (exact) mass is 256 g/mol. The Morgan fingerprint density at radius 2 is 2.37 bits per heavy atom. The van der Waals surface area contributed by atoms with Gasteiger partial charge < -0.3 is 9.57 Å². The van der Waals surface area contributed by atoms with Crippen molar-refractivity contribution in [2.75, 3.05) is 13.7 Å². The van der Waals surface area contributed by atoms with Gasteiger partial charge >= 0.3 is 0 Å². The van der Waals surface area contributed by atoms with Crippen LogP contribution in [-0.2, 0) is 16.8 Å². The van der Waals surface area contributed by atoms with Crippen LogP contribution < -0.4 is 4.74 Å². The second-order valence-electron chi connectivity index (χ2n) is 5.14. The lowest BCUT2D eigenvalue weighted by Gasteiger charge is -2.39. The minimum atomic E-state index is -0.453. The maximum atomic E-state index is 9.42. The first-order valence-electron chi connectivity index (χ1n) is 6.32. The molecule has 0 saturated carbocycles. The topological polar surface area (TPSA) is 45.5 Å². The van der Waals surface area contributed by atoms with Gasteiger partial charge in [0.1, 0.15) is 23.0 Å². The van der Waals surface area contributed by atoms with Crippen LogP contribution in [0.15, 0.2) is 30.5 Å². The molecule has 19 heavy (non-hydrogen) atoms. The Morgan fingerprint density at radius 1 is 1.58 bits per heavy atom. The van der Waals surface area contributed by atoms with Crippen molar-refractivity contribution in [2.45, 2.75) is 18.9 Å². The van der Waals surface area contributed by atoms with Crippen LogP contribution in [-0.4, -0.2) is 18.7 Å². The summed E-state index contributed by atoms with van der Waals surface area (Å²) >= 11 is 0. The lowest BCUT2D eigenvalue weighted by atomic mass is 9.75. The highest BCUT2D eigenvalue weighted by Gasteiger charge is 2.54. The molecular weight excluding hydrogens is 240 g/mol. The Kier molecular flexibility index (Phi) is 2.54. The normalized spacial score (nSPS) is 29.1. The van der Waals surface area contributed by atoms with E-state index in [2.05, 4.69) is 12.6 Å². The molecule has 0 amide bonds. The van der Waals surface area contributed by atoms with Crippen molar-refractivity contribution in [3.63, 3.8) is 0 Å². The first kappa shape index (κ1) is 12.1. The molecule has 2 atom stereocenters. The zero-order valence-corrected chi connectivity index (χ0v) is 11.1. The zero-order chi connectivity index (χ0) is 13.6. The molecule has 0 aliphatic carbocycles. The summed E-state index contributed by atoms with van der Waals surface area (Å²) in [7, 11) is 1.66. The van der Waals surface area contributed by atoms with E-state index in [9.17, 15) is 5.26 Å². The molecule has 0 radical (unpaired) electrons. The summed E-state index contributed by atoms with van der Waals surface area (Å²) in [5.41, 5.74) is 1.90. The third-order valence-electron chi connectivity index (χ3n) is 4.20. The fourth-order valence-corrected chi connectivity index (χ4v) is 3.13. The average Bonchev–Trinajstić information content (AvgIpc) is 2.68. The van der Waals surface area contributed by atoms with Crippen molar-refractivity contribution in [3.05, 3.63) is 41.7 Å². The van der Waals surface area contributed by atoms with Crippen molar-refractivity contribution >= 4 is 0 Å². The van der Waals surface area contributed by atoms with Crippen LogP contribution in [0.4, 0.5) is 0 Å². The number of hydrogen-bond acceptors (Lipinski definition) is 4. The van der Waals surface area contributed by atoms with Gasteiger partial charge in [0.2, 0.25) is 0 Å². The molecule has 0 bridgehead atoms. The van der Waals surface area contributed by atoms with Gasteiger partial charge in [-0.25, -0.2) is 0 Å². The molecule has 1 aromatic rings. The van der Waals surface area contributed by atoms with Crippen molar-refractivity contribution in [2.24, 2.45) is 5.92 Å². The summed E-state index contributed by atoms with van der Waals surface area (Å²) in [6.07, 6.45) is 0.882. The molecule has 1 aromatic carbocycles. The van der Waals surface area contributed by atoms with E-state index < -0.39 is 5.54 Å². The Balaban J connectivity index is 2.16. The third-order valence-corrected chi connectivity index (χ3v) is 4.20. The van der Waals surface area contributed by atoms with Gasteiger partial charge in [-0.15, -0.1) is 5.06 Å². The Hall–Kier alpha value is -1.99. The summed E-state index contributed by atoms with van der Waals surface area (Å²) in [5.74, 6) is 1.04. The molecule has 0 unspecified atom stereocenters. The largest absolute Gasteiger partial charge is 0.497 e. The van der Waals surface area contributed by atoms with Crippen molar-refractivity contribution < 1.29 is 9.57 Å². The molecule has 2 aliphatic rings. The van der Waals surface area contributed by atoms with Gasteiger partial charge in [0, 0.05) is 6.54 Å². The van der Waals surface area contributed by atoms with Gasteiger partial charge in [-0.2, -0.15) is 5.26 Å². The van der Waals surface area contributed by atoms with Crippen molar-refractivity contribution in [3.8, 4) is 11.8 Å². The van der Waals surface area contributed by atoms with Crippen LogP contribution in [0.2, 0.25) is 0 Å². The van der Waals surface area contributed by atoms with Crippen LogP contribution in [0.25, 0.3) is 0 Å². The standard InChI is InChI=1S/C15H16N2O2/c1-10-14(9-16)15(2)13-5-4-12(18-3)8-11(13)6-7-17(15)19-10/h4-5,8,14H,1,6-7H2,2-3H3/t14-,15+/m0/s1. The summed E-state index contributed by atoms with van der Waals surface area (Å²) in [6, 6.07) is 8.34.